The molecule has 0 aliphatic rings. The van der Waals surface area contributed by atoms with E-state index < -0.39 is 24.0 Å². The number of rotatable bonds is 21. The highest BCUT2D eigenvalue weighted by atomic mass is 16.6. The molecule has 6 heteroatoms. The fraction of sp³-hybridized carbons (Fsp3) is 0.469. The molecular formula is C32H46O6. The summed E-state index contributed by atoms with van der Waals surface area (Å²) in [5.74, 6) is -1.37. The molecule has 0 aliphatic carbocycles. The van der Waals surface area contributed by atoms with Gasteiger partial charge in [-0.1, -0.05) is 98.9 Å². The molecule has 1 unspecified atom stereocenters. The van der Waals surface area contributed by atoms with Crippen molar-refractivity contribution in [2.75, 3.05) is 13.2 Å². The van der Waals surface area contributed by atoms with Gasteiger partial charge in [0, 0.05) is 0 Å². The molecule has 0 aromatic carbocycles. The summed E-state index contributed by atoms with van der Waals surface area (Å²) in [5.41, 5.74) is 0. The van der Waals surface area contributed by atoms with E-state index in [4.69, 9.17) is 14.2 Å². The summed E-state index contributed by atoms with van der Waals surface area (Å²) in [6, 6.07) is 0. The van der Waals surface area contributed by atoms with Crippen molar-refractivity contribution in [3.8, 4) is 0 Å². The number of esters is 3. The van der Waals surface area contributed by atoms with Crippen LogP contribution in [0.1, 0.15) is 78.6 Å². The molecule has 0 saturated heterocycles. The van der Waals surface area contributed by atoms with Crippen molar-refractivity contribution in [3.63, 3.8) is 0 Å². The second kappa shape index (κ2) is 26.6. The van der Waals surface area contributed by atoms with Crippen LogP contribution in [0.2, 0.25) is 0 Å². The standard InChI is InChI=1S/C32H46O6/c1-4-7-10-13-15-16-17-20-22-25-31(34)37-28-29(27-36-30(33)24-21-18-12-9-6-3)38-32(35)26-23-19-14-11-8-5-2/h6-11,15-16,18-23,29H,4-5,12-14,17,24-28H2,1-3H3/b9-6-,10-7-,11-8-,16-15-,21-18-,22-20-,23-19-. The number of ether oxygens (including phenoxy) is 3. The molecular weight excluding hydrogens is 480 g/mol. The van der Waals surface area contributed by atoms with Crippen molar-refractivity contribution < 1.29 is 28.6 Å². The van der Waals surface area contributed by atoms with Crippen LogP contribution < -0.4 is 0 Å². The van der Waals surface area contributed by atoms with Gasteiger partial charge in [-0.05, 0) is 45.4 Å². The quantitative estimate of drug-likeness (QED) is 0.0878. The number of hydrogen-bond donors (Lipinski definition) is 0. The van der Waals surface area contributed by atoms with E-state index in [0.29, 0.717) is 0 Å². The second-order valence-corrected chi connectivity index (χ2v) is 8.25. The fourth-order valence-electron chi connectivity index (χ4n) is 2.84. The first kappa shape index (κ1) is 34.6. The van der Waals surface area contributed by atoms with Crippen LogP contribution in [-0.2, 0) is 28.6 Å². The van der Waals surface area contributed by atoms with E-state index in [1.165, 1.54) is 0 Å². The Labute approximate surface area is 229 Å². The summed E-state index contributed by atoms with van der Waals surface area (Å²) in [4.78, 5) is 36.4. The molecule has 0 rings (SSSR count). The maximum atomic E-state index is 12.2. The van der Waals surface area contributed by atoms with E-state index in [-0.39, 0.29) is 32.5 Å². The first-order valence-corrected chi connectivity index (χ1v) is 13.5. The Morgan fingerprint density at radius 2 is 0.895 bits per heavy atom. The molecule has 38 heavy (non-hydrogen) atoms. The van der Waals surface area contributed by atoms with Gasteiger partial charge in [-0.25, -0.2) is 0 Å². The molecule has 0 heterocycles. The van der Waals surface area contributed by atoms with E-state index in [1.54, 1.807) is 18.2 Å². The van der Waals surface area contributed by atoms with Crippen molar-refractivity contribution in [2.24, 2.45) is 0 Å². The molecule has 0 N–H and O–H groups in total. The third-order valence-corrected chi connectivity index (χ3v) is 4.81. The SMILES string of the molecule is C/C=C\C/C=C\CC(=O)OCC(COC(=O)C/C=C\C/C=C\C/C=C\CC)OC(=O)C/C=C\C/C=C\CC. The van der Waals surface area contributed by atoms with Gasteiger partial charge in [0.25, 0.3) is 0 Å². The zero-order chi connectivity index (χ0) is 28.1. The largest absolute Gasteiger partial charge is 0.461 e. The second-order valence-electron chi connectivity index (χ2n) is 8.25. The number of allylic oxidation sites excluding steroid dienone is 11. The highest BCUT2D eigenvalue weighted by molar-refractivity contribution is 5.73. The summed E-state index contributed by atoms with van der Waals surface area (Å²) in [5, 5.41) is 0. The molecule has 0 spiro atoms. The van der Waals surface area contributed by atoms with Crippen molar-refractivity contribution in [1.29, 1.82) is 0 Å². The molecule has 0 saturated carbocycles. The summed E-state index contributed by atoms with van der Waals surface area (Å²) >= 11 is 0. The van der Waals surface area contributed by atoms with Crippen molar-refractivity contribution >= 4 is 17.9 Å². The fourth-order valence-corrected chi connectivity index (χ4v) is 2.84. The van der Waals surface area contributed by atoms with Crippen molar-refractivity contribution in [2.45, 2.75) is 84.7 Å². The van der Waals surface area contributed by atoms with E-state index >= 15 is 0 Å². The molecule has 0 aliphatic heterocycles. The van der Waals surface area contributed by atoms with Crippen molar-refractivity contribution in [1.82, 2.24) is 0 Å². The normalized spacial score (nSPS) is 13.2. The Morgan fingerprint density at radius 3 is 1.32 bits per heavy atom. The molecule has 1 atom stereocenters. The Bertz CT molecular complexity index is 842. The monoisotopic (exact) mass is 526 g/mol. The van der Waals surface area contributed by atoms with Gasteiger partial charge in [0.2, 0.25) is 0 Å². The Balaban J connectivity index is 4.66. The zero-order valence-corrected chi connectivity index (χ0v) is 23.4. The first-order chi connectivity index (χ1) is 18.5. The van der Waals surface area contributed by atoms with Crippen molar-refractivity contribution in [3.05, 3.63) is 85.1 Å². The van der Waals surface area contributed by atoms with Gasteiger partial charge in [-0.2, -0.15) is 0 Å². The van der Waals surface area contributed by atoms with Gasteiger partial charge in [-0.3, -0.25) is 14.4 Å². The Kier molecular flexibility index (Phi) is 24.3. The highest BCUT2D eigenvalue weighted by Gasteiger charge is 2.18. The van der Waals surface area contributed by atoms with Crippen LogP contribution in [0.15, 0.2) is 85.1 Å². The lowest BCUT2D eigenvalue weighted by Crippen LogP contribution is -2.30. The molecule has 0 aromatic heterocycles. The van der Waals surface area contributed by atoms with Gasteiger partial charge >= 0.3 is 17.9 Å². The molecule has 0 radical (unpaired) electrons. The van der Waals surface area contributed by atoms with Gasteiger partial charge in [0.1, 0.15) is 13.2 Å². The number of carbonyl (C=O) groups excluding carboxylic acids is 3. The Morgan fingerprint density at radius 1 is 0.526 bits per heavy atom. The molecule has 0 amide bonds. The van der Waals surface area contributed by atoms with Gasteiger partial charge in [0.15, 0.2) is 6.10 Å². The third kappa shape index (κ3) is 24.3. The number of hydrogen-bond acceptors (Lipinski definition) is 6. The lowest BCUT2D eigenvalue weighted by atomic mass is 10.2. The predicted octanol–water partition coefficient (Wildman–Crippen LogP) is 7.45. The maximum absolute atomic E-state index is 12.2. The van der Waals surface area contributed by atoms with E-state index in [2.05, 4.69) is 38.2 Å². The highest BCUT2D eigenvalue weighted by Crippen LogP contribution is 2.04. The van der Waals surface area contributed by atoms with Crippen LogP contribution in [0, 0.1) is 0 Å². The Hall–Kier alpha value is -3.41. The maximum Gasteiger partial charge on any atom is 0.310 e. The lowest BCUT2D eigenvalue weighted by Gasteiger charge is -2.17. The molecule has 0 bridgehead atoms. The van der Waals surface area contributed by atoms with E-state index in [9.17, 15) is 14.4 Å². The average molecular weight is 527 g/mol. The summed E-state index contributed by atoms with van der Waals surface area (Å²) in [6.45, 7) is 5.71. The minimum atomic E-state index is -0.876. The van der Waals surface area contributed by atoms with Gasteiger partial charge < -0.3 is 14.2 Å². The average Bonchev–Trinajstić information content (AvgIpc) is 2.91. The van der Waals surface area contributed by atoms with Crippen LogP contribution in [0.4, 0.5) is 0 Å². The predicted molar refractivity (Wildman–Crippen MR) is 154 cm³/mol. The molecule has 0 aromatic rings. The summed E-state index contributed by atoms with van der Waals surface area (Å²) in [6.07, 6.45) is 31.7. The molecule has 6 nitrogen and oxygen atoms in total. The van der Waals surface area contributed by atoms with Crippen LogP contribution in [0.5, 0.6) is 0 Å². The van der Waals surface area contributed by atoms with Crippen LogP contribution in [0.25, 0.3) is 0 Å². The minimum Gasteiger partial charge on any atom is -0.461 e. The van der Waals surface area contributed by atoms with Crippen LogP contribution in [-0.4, -0.2) is 37.2 Å². The minimum absolute atomic E-state index is 0.0799. The summed E-state index contributed by atoms with van der Waals surface area (Å²) < 4.78 is 15.9. The lowest BCUT2D eigenvalue weighted by molar-refractivity contribution is -0.165. The van der Waals surface area contributed by atoms with Gasteiger partial charge in [0.05, 0.1) is 19.3 Å². The van der Waals surface area contributed by atoms with E-state index in [0.717, 1.165) is 38.5 Å². The number of carbonyl (C=O) groups is 3. The molecule has 0 fully saturated rings. The van der Waals surface area contributed by atoms with E-state index in [1.807, 2.05) is 49.5 Å². The summed E-state index contributed by atoms with van der Waals surface area (Å²) in [7, 11) is 0. The smallest absolute Gasteiger partial charge is 0.310 e. The topological polar surface area (TPSA) is 78.9 Å². The van der Waals surface area contributed by atoms with Gasteiger partial charge in [-0.15, -0.1) is 0 Å². The molecule has 210 valence electrons. The van der Waals surface area contributed by atoms with Crippen LogP contribution >= 0.6 is 0 Å². The third-order valence-electron chi connectivity index (χ3n) is 4.81. The van der Waals surface area contributed by atoms with Crippen LogP contribution in [0.3, 0.4) is 0 Å². The zero-order valence-electron chi connectivity index (χ0n) is 23.4. The first-order valence-electron chi connectivity index (χ1n) is 13.5.